The van der Waals surface area contributed by atoms with Gasteiger partial charge in [-0.3, -0.25) is 0 Å². The first-order valence-electron chi connectivity index (χ1n) is 19.2. The minimum absolute atomic E-state index is 0. The molecule has 4 aromatic rings. The van der Waals surface area contributed by atoms with Crippen molar-refractivity contribution in [3.05, 3.63) is 171 Å². The van der Waals surface area contributed by atoms with Gasteiger partial charge in [0.1, 0.15) is 52.7 Å². The molecule has 0 N–H and O–H groups in total. The first-order chi connectivity index (χ1) is 31.2. The van der Waals surface area contributed by atoms with Crippen LogP contribution < -0.4 is 45.9 Å². The van der Waals surface area contributed by atoms with Crippen molar-refractivity contribution in [2.75, 3.05) is 0 Å². The van der Waals surface area contributed by atoms with Gasteiger partial charge in [-0.05, 0) is 60.4 Å². The quantitative estimate of drug-likeness (QED) is 0.0753. The third-order valence-corrected chi connectivity index (χ3v) is 17.7. The molecule has 0 saturated heterocycles. The number of hydrogen-bond donors (Lipinski definition) is 0. The molecule has 69 heavy (non-hydrogen) atoms. The van der Waals surface area contributed by atoms with Gasteiger partial charge in [0.25, 0.3) is 0 Å². The first kappa shape index (κ1) is 61.4. The van der Waals surface area contributed by atoms with Gasteiger partial charge in [-0.15, -0.1) is 21.9 Å². The van der Waals surface area contributed by atoms with Gasteiger partial charge in [-0.2, -0.15) is 0 Å². The van der Waals surface area contributed by atoms with Gasteiger partial charge in [-0.1, -0.05) is 60.4 Å². The van der Waals surface area contributed by atoms with E-state index in [2.05, 4.69) is 45.3 Å². The normalized spacial score (nSPS) is 15.8. The van der Waals surface area contributed by atoms with E-state index in [-0.39, 0.29) is 36.2 Å². The molecule has 0 bridgehead atoms. The molecule has 0 unspecified atom stereocenters. The van der Waals surface area contributed by atoms with Gasteiger partial charge >= 0.3 is 56.7 Å². The van der Waals surface area contributed by atoms with E-state index in [9.17, 15) is 39.5 Å². The molecular formula is C43H31BCl2F19LiSi2Zr+2. The zero-order chi connectivity index (χ0) is 52.4. The second-order valence-electron chi connectivity index (χ2n) is 16.9. The summed E-state index contributed by atoms with van der Waals surface area (Å²) in [5.74, 6) is -63.0. The fraction of sp³-hybridized carbons (Fsp3) is 0.209. The topological polar surface area (TPSA) is 0 Å². The maximum Gasteiger partial charge on any atom is 1.00 e. The van der Waals surface area contributed by atoms with E-state index >= 15 is 43.9 Å². The van der Waals surface area contributed by atoms with Crippen molar-refractivity contribution in [2.45, 2.75) is 60.4 Å². The van der Waals surface area contributed by atoms with Crippen molar-refractivity contribution in [3.8, 4) is 0 Å². The van der Waals surface area contributed by atoms with Crippen LogP contribution in [0.4, 0.5) is 83.4 Å². The molecule has 0 aliphatic heterocycles. The molecular weight excluding hydrogens is 1110 g/mol. The van der Waals surface area contributed by atoms with Crippen LogP contribution in [-0.4, -0.2) is 22.3 Å². The second kappa shape index (κ2) is 22.7. The van der Waals surface area contributed by atoms with E-state index in [0.29, 0.717) is 11.8 Å². The van der Waals surface area contributed by atoms with Crippen molar-refractivity contribution in [1.29, 1.82) is 0 Å². The standard InChI is InChI=1S/C35H18BF19Si.C8H13Si.2ClH.Li.Zr/c1-7-8(2)10(4)34(9(7)3)56(5,6)35-32(54)21(43)14(22(44)33(35)55)36(11-15(37)23(45)29(51)24(46)16(11)38,12-17(39)25(47)30(52)26(48)18(12)40)13-19(41)27(49)31(53)28(50)20(13)42;1-9(2,3)8-6-4-5-7-8;;;;/h1-6H3;4-7H,1-3H3;2*1H;;/q-1;;;;+1;+4/p-2. The molecule has 2 aliphatic rings. The van der Waals surface area contributed by atoms with Crippen LogP contribution in [0.1, 0.15) is 27.7 Å². The Kier molecular flexibility index (Phi) is 20.2. The zero-order valence-electron chi connectivity index (χ0n) is 37.3. The monoisotopic (exact) mass is 1140 g/mol. The molecule has 2 fully saturated rings. The van der Waals surface area contributed by atoms with Crippen LogP contribution in [0.25, 0.3) is 0 Å². The van der Waals surface area contributed by atoms with Gasteiger partial charge in [0.15, 0.2) is 64.0 Å². The van der Waals surface area contributed by atoms with E-state index in [1.807, 2.05) is 0 Å². The van der Waals surface area contributed by atoms with Gasteiger partial charge in [0.2, 0.25) is 0 Å². The van der Waals surface area contributed by atoms with Gasteiger partial charge in [-0.25, -0.2) is 83.4 Å². The summed E-state index contributed by atoms with van der Waals surface area (Å²) in [5, 5.41) is -1.63. The molecule has 6 rings (SSSR count). The number of benzene rings is 4. The van der Waals surface area contributed by atoms with Crippen molar-refractivity contribution in [2.24, 2.45) is 0 Å². The first-order valence-corrected chi connectivity index (χ1v) is 32.0. The summed E-state index contributed by atoms with van der Waals surface area (Å²) >= 11 is -0.826. The molecule has 364 valence electrons. The third-order valence-electron chi connectivity index (χ3n) is 12.0. The minimum atomic E-state index is -7.15. The number of hydrogen-bond acceptors (Lipinski definition) is 0. The average molecular weight is 1140 g/mol. The molecule has 0 atom stereocenters. The summed E-state index contributed by atoms with van der Waals surface area (Å²) in [4.78, 5) is 0. The van der Waals surface area contributed by atoms with Crippen molar-refractivity contribution in [3.63, 3.8) is 0 Å². The maximum absolute atomic E-state index is 17.0. The smallest absolute Gasteiger partial charge is 1.00 e. The molecule has 10 radical (unpaired) electrons. The van der Waals surface area contributed by atoms with Crippen LogP contribution in [0.3, 0.4) is 0 Å². The summed E-state index contributed by atoms with van der Waals surface area (Å²) in [6, 6.07) is 0. The Labute approximate surface area is 418 Å². The van der Waals surface area contributed by atoms with Crippen molar-refractivity contribution >= 4 is 66.4 Å². The van der Waals surface area contributed by atoms with Gasteiger partial charge in [0.05, 0.1) is 16.1 Å². The van der Waals surface area contributed by atoms with Crippen LogP contribution >= 0.6 is 17.0 Å². The van der Waals surface area contributed by atoms with Gasteiger partial charge < -0.3 is 0 Å². The number of rotatable bonds is 7. The molecule has 2 saturated carbocycles. The zero-order valence-corrected chi connectivity index (χ0v) is 43.3. The van der Waals surface area contributed by atoms with E-state index in [0.717, 1.165) is 13.1 Å². The average Bonchev–Trinajstić information content (AvgIpc) is 3.89. The molecule has 4 aromatic carbocycles. The van der Waals surface area contributed by atoms with E-state index in [4.69, 9.17) is 17.0 Å². The Morgan fingerprint density at radius 3 is 0.768 bits per heavy atom. The summed E-state index contributed by atoms with van der Waals surface area (Å²) in [5.41, 5.74) is -12.1. The fourth-order valence-electron chi connectivity index (χ4n) is 8.60. The summed E-state index contributed by atoms with van der Waals surface area (Å²) < 4.78 is 296. The molecule has 0 amide bonds. The largest absolute Gasteiger partial charge is 1.00 e. The Morgan fingerprint density at radius 2 is 0.565 bits per heavy atom. The van der Waals surface area contributed by atoms with Crippen LogP contribution in [0, 0.1) is 171 Å². The summed E-state index contributed by atoms with van der Waals surface area (Å²) in [6.45, 7) is 15.0. The van der Waals surface area contributed by atoms with Crippen LogP contribution in [0.5, 0.6) is 0 Å². The Balaban J connectivity index is 0.000000851. The third kappa shape index (κ3) is 10.2. The van der Waals surface area contributed by atoms with Crippen molar-refractivity contribution < 1.29 is 123 Å². The SMILES string of the molecule is C[C]1[C](C)[C](C)[C]([Si](C)(C)c2c(F)c(F)c([B-](c3c(F)c(F)c(F)c(F)c3F)(c3c(F)c(F)c(F)c(F)c3F)c3c(F)c(F)c(F)c(F)c3F)c(F)c2F)[C]1C.C[Si](C)(C)[C]1[CH][CH][CH][CH]1.[Cl][Zr+2][Cl].[Li+]. The molecule has 0 aromatic heterocycles. The van der Waals surface area contributed by atoms with E-state index in [1.54, 1.807) is 5.54 Å². The van der Waals surface area contributed by atoms with E-state index in [1.165, 1.54) is 27.7 Å². The summed E-state index contributed by atoms with van der Waals surface area (Å²) in [7, 11) is 4.54. The summed E-state index contributed by atoms with van der Waals surface area (Å²) in [6.07, 6.45) is 1.54. The molecule has 2 aliphatic carbocycles. The van der Waals surface area contributed by atoms with Crippen LogP contribution in [0.2, 0.25) is 32.7 Å². The Bertz CT molecular complexity index is 2320. The molecule has 0 spiro atoms. The second-order valence-corrected chi connectivity index (χ2v) is 29.9. The van der Waals surface area contributed by atoms with Gasteiger partial charge in [0, 0.05) is 5.19 Å². The van der Waals surface area contributed by atoms with E-state index < -0.39 is 181 Å². The fourth-order valence-corrected chi connectivity index (χ4v) is 13.6. The maximum atomic E-state index is 17.0. The number of halogens is 21. The van der Waals surface area contributed by atoms with Crippen LogP contribution in [0.15, 0.2) is 0 Å². The minimum Gasteiger partial charge on any atom is 1.00 e. The molecule has 0 nitrogen and oxygen atoms in total. The van der Waals surface area contributed by atoms with Crippen molar-refractivity contribution in [1.82, 2.24) is 0 Å². The predicted octanol–water partition coefficient (Wildman–Crippen LogP) is 8.78. The van der Waals surface area contributed by atoms with Crippen LogP contribution in [-0.2, 0) is 20.8 Å². The molecule has 26 heteroatoms. The Morgan fingerprint density at radius 1 is 0.362 bits per heavy atom. The predicted molar refractivity (Wildman–Crippen MR) is 221 cm³/mol. The Hall–Kier alpha value is -1.89. The molecule has 0 heterocycles.